The predicted octanol–water partition coefficient (Wildman–Crippen LogP) is 1.33. The van der Waals surface area contributed by atoms with Gasteiger partial charge in [0.25, 0.3) is 5.56 Å². The first kappa shape index (κ1) is 14.7. The van der Waals surface area contributed by atoms with Gasteiger partial charge in [0.1, 0.15) is 17.5 Å². The van der Waals surface area contributed by atoms with Crippen molar-refractivity contribution in [2.24, 2.45) is 0 Å². The molecule has 0 aliphatic carbocycles. The van der Waals surface area contributed by atoms with Crippen molar-refractivity contribution >= 4 is 17.5 Å². The number of carbonyl (C=O) groups excluding carboxylic acids is 1. The summed E-state index contributed by atoms with van der Waals surface area (Å²) in [6, 6.07) is 1.32. The Labute approximate surface area is 111 Å². The molecule has 0 aliphatic rings. The van der Waals surface area contributed by atoms with E-state index in [1.165, 1.54) is 10.6 Å². The predicted molar refractivity (Wildman–Crippen MR) is 70.8 cm³/mol. The monoisotopic (exact) mass is 271 g/mol. The summed E-state index contributed by atoms with van der Waals surface area (Å²) in [5, 5.41) is 0.165. The third kappa shape index (κ3) is 3.32. The summed E-state index contributed by atoms with van der Waals surface area (Å²) in [4.78, 5) is 29.4. The fourth-order valence-corrected chi connectivity index (χ4v) is 1.69. The highest BCUT2D eigenvalue weighted by molar-refractivity contribution is 6.29. The molecular formula is C12H18ClN3O2. The zero-order valence-corrected chi connectivity index (χ0v) is 11.9. The summed E-state index contributed by atoms with van der Waals surface area (Å²) < 4.78 is 1.37. The van der Waals surface area contributed by atoms with Gasteiger partial charge in [-0.15, -0.1) is 0 Å². The Morgan fingerprint density at radius 2 is 2.17 bits per heavy atom. The minimum absolute atomic E-state index is 0.000849. The molecule has 1 aromatic heterocycles. The van der Waals surface area contributed by atoms with Crippen molar-refractivity contribution in [3.05, 3.63) is 27.4 Å². The first-order chi connectivity index (χ1) is 8.36. The van der Waals surface area contributed by atoms with Crippen LogP contribution in [0.15, 0.2) is 10.9 Å². The van der Waals surface area contributed by atoms with Crippen LogP contribution in [0.25, 0.3) is 0 Å². The van der Waals surface area contributed by atoms with Crippen LogP contribution in [0.2, 0.25) is 5.15 Å². The second-order valence-corrected chi connectivity index (χ2v) is 4.76. The van der Waals surface area contributed by atoms with Crippen molar-refractivity contribution in [3.63, 3.8) is 0 Å². The molecule has 1 rings (SSSR count). The highest BCUT2D eigenvalue weighted by atomic mass is 35.5. The largest absolute Gasteiger partial charge is 0.342 e. The molecule has 6 heteroatoms. The lowest BCUT2D eigenvalue weighted by atomic mass is 10.3. The summed E-state index contributed by atoms with van der Waals surface area (Å²) >= 11 is 5.73. The van der Waals surface area contributed by atoms with Crippen LogP contribution in [0.5, 0.6) is 0 Å². The maximum Gasteiger partial charge on any atom is 0.255 e. The maximum atomic E-state index is 12.0. The number of likely N-dealkylation sites (N-methyl/N-ethyl adjacent to an activating group) is 1. The fourth-order valence-electron chi connectivity index (χ4n) is 1.50. The number of hydrogen-bond acceptors (Lipinski definition) is 3. The number of hydrogen-bond donors (Lipinski definition) is 0. The molecule has 0 saturated carbocycles. The van der Waals surface area contributed by atoms with E-state index in [4.69, 9.17) is 11.6 Å². The standard InChI is InChI=1S/C12H18ClN3O2/c1-5-10-14-9(13)6-11(17)16(10)7-12(18)15(4)8(2)3/h6,8H,5,7H2,1-4H3. The second kappa shape index (κ2) is 6.00. The van der Waals surface area contributed by atoms with Crippen LogP contribution in [-0.2, 0) is 17.8 Å². The fraction of sp³-hybridized carbons (Fsp3) is 0.583. The minimum atomic E-state index is -0.294. The van der Waals surface area contributed by atoms with Crippen LogP contribution >= 0.6 is 11.6 Å². The van der Waals surface area contributed by atoms with Gasteiger partial charge in [0.15, 0.2) is 0 Å². The highest BCUT2D eigenvalue weighted by Crippen LogP contribution is 2.04. The molecule has 0 fully saturated rings. The number of amides is 1. The van der Waals surface area contributed by atoms with Gasteiger partial charge in [-0.05, 0) is 13.8 Å². The third-order valence-corrected chi connectivity index (χ3v) is 3.03. The van der Waals surface area contributed by atoms with Gasteiger partial charge >= 0.3 is 0 Å². The smallest absolute Gasteiger partial charge is 0.255 e. The van der Waals surface area contributed by atoms with E-state index in [2.05, 4.69) is 4.98 Å². The zero-order valence-electron chi connectivity index (χ0n) is 11.1. The molecule has 0 aliphatic heterocycles. The van der Waals surface area contributed by atoms with Crippen LogP contribution in [-0.4, -0.2) is 33.4 Å². The first-order valence-electron chi connectivity index (χ1n) is 5.88. The number of rotatable bonds is 4. The van der Waals surface area contributed by atoms with Gasteiger partial charge in [-0.1, -0.05) is 18.5 Å². The molecule has 5 nitrogen and oxygen atoms in total. The van der Waals surface area contributed by atoms with E-state index >= 15 is 0 Å². The van der Waals surface area contributed by atoms with Crippen LogP contribution in [0.4, 0.5) is 0 Å². The van der Waals surface area contributed by atoms with Crippen LogP contribution in [0, 0.1) is 0 Å². The van der Waals surface area contributed by atoms with Crippen molar-refractivity contribution in [1.29, 1.82) is 0 Å². The molecule has 0 saturated heterocycles. The molecule has 100 valence electrons. The summed E-state index contributed by atoms with van der Waals surface area (Å²) in [6.45, 7) is 5.70. The molecule has 0 bridgehead atoms. The molecule has 18 heavy (non-hydrogen) atoms. The van der Waals surface area contributed by atoms with Gasteiger partial charge in [0.2, 0.25) is 5.91 Å². The highest BCUT2D eigenvalue weighted by Gasteiger charge is 2.15. The van der Waals surface area contributed by atoms with E-state index in [9.17, 15) is 9.59 Å². The molecule has 0 N–H and O–H groups in total. The average Bonchev–Trinajstić information content (AvgIpc) is 2.30. The Morgan fingerprint density at radius 1 is 1.56 bits per heavy atom. The maximum absolute atomic E-state index is 12.0. The van der Waals surface area contributed by atoms with E-state index in [1.54, 1.807) is 11.9 Å². The first-order valence-corrected chi connectivity index (χ1v) is 6.26. The minimum Gasteiger partial charge on any atom is -0.342 e. The summed E-state index contributed by atoms with van der Waals surface area (Å²) in [6.07, 6.45) is 0.550. The average molecular weight is 272 g/mol. The number of aryl methyl sites for hydroxylation is 1. The summed E-state index contributed by atoms with van der Waals surface area (Å²) in [5.74, 6) is 0.406. The molecule has 1 aromatic rings. The van der Waals surface area contributed by atoms with Gasteiger partial charge in [-0.3, -0.25) is 14.2 Å². The summed E-state index contributed by atoms with van der Waals surface area (Å²) in [5.41, 5.74) is -0.294. The Bertz CT molecular complexity index is 497. The molecule has 1 heterocycles. The van der Waals surface area contributed by atoms with Crippen molar-refractivity contribution < 1.29 is 4.79 Å². The SMILES string of the molecule is CCc1nc(Cl)cc(=O)n1CC(=O)N(C)C(C)C. The Hall–Kier alpha value is -1.36. The van der Waals surface area contributed by atoms with Crippen molar-refractivity contribution in [1.82, 2.24) is 14.5 Å². The van der Waals surface area contributed by atoms with Gasteiger partial charge in [-0.25, -0.2) is 4.98 Å². The van der Waals surface area contributed by atoms with Gasteiger partial charge in [-0.2, -0.15) is 0 Å². The van der Waals surface area contributed by atoms with Crippen molar-refractivity contribution in [2.45, 2.75) is 39.8 Å². The van der Waals surface area contributed by atoms with E-state index in [0.717, 1.165) is 0 Å². The van der Waals surface area contributed by atoms with Gasteiger partial charge < -0.3 is 4.90 Å². The van der Waals surface area contributed by atoms with Crippen LogP contribution < -0.4 is 5.56 Å². The Morgan fingerprint density at radius 3 is 2.67 bits per heavy atom. The lowest BCUT2D eigenvalue weighted by Crippen LogP contribution is -2.38. The third-order valence-electron chi connectivity index (χ3n) is 2.83. The van der Waals surface area contributed by atoms with E-state index in [0.29, 0.717) is 12.2 Å². The molecule has 1 amide bonds. The quantitative estimate of drug-likeness (QED) is 0.776. The second-order valence-electron chi connectivity index (χ2n) is 4.37. The Balaban J connectivity index is 3.04. The van der Waals surface area contributed by atoms with E-state index < -0.39 is 0 Å². The lowest BCUT2D eigenvalue weighted by molar-refractivity contribution is -0.132. The van der Waals surface area contributed by atoms with Crippen LogP contribution in [0.1, 0.15) is 26.6 Å². The number of carbonyl (C=O) groups is 1. The molecule has 0 radical (unpaired) electrons. The Kier molecular flexibility index (Phi) is 4.90. The van der Waals surface area contributed by atoms with E-state index in [-0.39, 0.29) is 29.2 Å². The number of aromatic nitrogens is 2. The zero-order chi connectivity index (χ0) is 13.9. The molecule has 0 spiro atoms. The lowest BCUT2D eigenvalue weighted by Gasteiger charge is -2.22. The molecular weight excluding hydrogens is 254 g/mol. The van der Waals surface area contributed by atoms with Gasteiger partial charge in [0.05, 0.1) is 0 Å². The topological polar surface area (TPSA) is 55.2 Å². The van der Waals surface area contributed by atoms with Crippen molar-refractivity contribution in [2.75, 3.05) is 7.05 Å². The van der Waals surface area contributed by atoms with Gasteiger partial charge in [0, 0.05) is 25.6 Å². The number of halogens is 1. The molecule has 0 atom stereocenters. The van der Waals surface area contributed by atoms with E-state index in [1.807, 2.05) is 20.8 Å². The number of nitrogens with zero attached hydrogens (tertiary/aromatic N) is 3. The normalized spacial score (nSPS) is 10.8. The molecule has 0 unspecified atom stereocenters. The molecule has 0 aromatic carbocycles. The van der Waals surface area contributed by atoms with Crippen molar-refractivity contribution in [3.8, 4) is 0 Å². The van der Waals surface area contributed by atoms with Crippen LogP contribution in [0.3, 0.4) is 0 Å². The summed E-state index contributed by atoms with van der Waals surface area (Å²) in [7, 11) is 1.72.